The van der Waals surface area contributed by atoms with Gasteiger partial charge in [-0.1, -0.05) is 18.2 Å². The molecule has 4 aromatic rings. The lowest BCUT2D eigenvalue weighted by molar-refractivity contribution is 0.105. The van der Waals surface area contributed by atoms with Crippen molar-refractivity contribution in [2.75, 3.05) is 0 Å². The summed E-state index contributed by atoms with van der Waals surface area (Å²) in [4.78, 5) is 13.7. The first-order chi connectivity index (χ1) is 14.2. The molecule has 0 radical (unpaired) electrons. The third-order valence-corrected chi connectivity index (χ3v) is 5.60. The molecule has 0 aliphatic heterocycles. The molecule has 3 aromatic heterocycles. The molecule has 1 aliphatic rings. The van der Waals surface area contributed by atoms with Crippen molar-refractivity contribution in [3.05, 3.63) is 66.7 Å². The van der Waals surface area contributed by atoms with E-state index in [9.17, 15) is 9.50 Å². The van der Waals surface area contributed by atoms with Gasteiger partial charge in [0, 0.05) is 12.2 Å². The van der Waals surface area contributed by atoms with Crippen LogP contribution < -0.4 is 0 Å². The summed E-state index contributed by atoms with van der Waals surface area (Å²) in [5.41, 5.74) is 3.58. The van der Waals surface area contributed by atoms with Gasteiger partial charge in [0.25, 0.3) is 0 Å². The Balaban J connectivity index is 1.73. The summed E-state index contributed by atoms with van der Waals surface area (Å²) in [6.45, 7) is 0. The van der Waals surface area contributed by atoms with Crippen LogP contribution in [0.5, 0.6) is 0 Å². The molecule has 0 bridgehead atoms. The highest BCUT2D eigenvalue weighted by Crippen LogP contribution is 2.37. The number of rotatable bonds is 3. The number of nitrogens with zero attached hydrogens (tertiary/aromatic N) is 4. The van der Waals surface area contributed by atoms with Crippen LogP contribution >= 0.6 is 0 Å². The average molecular weight is 388 g/mol. The number of aliphatic hydroxyl groups excluding tert-OH is 1. The molecule has 29 heavy (non-hydrogen) atoms. The van der Waals surface area contributed by atoms with E-state index < -0.39 is 0 Å². The predicted octanol–water partition coefficient (Wildman–Crippen LogP) is 4.78. The molecule has 0 saturated heterocycles. The largest absolute Gasteiger partial charge is 0.393 e. The summed E-state index contributed by atoms with van der Waals surface area (Å²) in [6.07, 6.45) is 6.40. The minimum atomic E-state index is -0.350. The number of fused-ring (bicyclic) bond motifs is 1. The summed E-state index contributed by atoms with van der Waals surface area (Å²) in [6, 6.07) is 14.4. The third kappa shape index (κ3) is 3.29. The predicted molar refractivity (Wildman–Crippen MR) is 110 cm³/mol. The zero-order valence-corrected chi connectivity index (χ0v) is 15.9. The van der Waals surface area contributed by atoms with Crippen LogP contribution in [0.4, 0.5) is 4.39 Å². The molecule has 0 amide bonds. The lowest BCUT2D eigenvalue weighted by Crippen LogP contribution is -2.23. The van der Waals surface area contributed by atoms with Gasteiger partial charge in [0.1, 0.15) is 17.2 Å². The Kier molecular flexibility index (Phi) is 4.56. The van der Waals surface area contributed by atoms with Crippen molar-refractivity contribution in [1.29, 1.82) is 0 Å². The van der Waals surface area contributed by atoms with Crippen molar-refractivity contribution in [3.63, 3.8) is 0 Å². The first-order valence-corrected chi connectivity index (χ1v) is 9.93. The lowest BCUT2D eigenvalue weighted by Gasteiger charge is -2.29. The standard InChI is InChI=1S/C23H21FN4O/c24-18-9-2-1-8-17(18)23-27-21-14-26-20(19-10-3-4-11-25-19)13-22(21)28(23)15-6-5-7-16(29)12-15/h1-4,8-11,13-16,29H,5-7,12H2/t15?,16-/m1/s1. The molecule has 5 rings (SSSR count). The normalized spacial score (nSPS) is 19.5. The van der Waals surface area contributed by atoms with Crippen LogP contribution in [0.3, 0.4) is 0 Å². The second kappa shape index (κ2) is 7.37. The van der Waals surface area contributed by atoms with Gasteiger partial charge >= 0.3 is 0 Å². The minimum Gasteiger partial charge on any atom is -0.393 e. The number of hydrogen-bond donors (Lipinski definition) is 1. The Bertz CT molecular complexity index is 1160. The fourth-order valence-electron chi connectivity index (χ4n) is 4.23. The van der Waals surface area contributed by atoms with Crippen molar-refractivity contribution in [3.8, 4) is 22.8 Å². The van der Waals surface area contributed by atoms with E-state index in [0.717, 1.165) is 36.2 Å². The van der Waals surface area contributed by atoms with Crippen LogP contribution in [-0.4, -0.2) is 30.7 Å². The van der Waals surface area contributed by atoms with Crippen LogP contribution in [0, 0.1) is 5.82 Å². The highest BCUT2D eigenvalue weighted by atomic mass is 19.1. The molecule has 1 aliphatic carbocycles. The Morgan fingerprint density at radius 1 is 1.00 bits per heavy atom. The maximum Gasteiger partial charge on any atom is 0.144 e. The number of imidazole rings is 1. The zero-order chi connectivity index (χ0) is 19.8. The van der Waals surface area contributed by atoms with Crippen LogP contribution in [0.15, 0.2) is 60.9 Å². The number of aliphatic hydroxyl groups is 1. The minimum absolute atomic E-state index is 0.0531. The van der Waals surface area contributed by atoms with Crippen LogP contribution in [0.25, 0.3) is 33.8 Å². The van der Waals surface area contributed by atoms with Crippen molar-refractivity contribution in [1.82, 2.24) is 19.5 Å². The second-order valence-corrected chi connectivity index (χ2v) is 7.53. The Hall–Kier alpha value is -3.12. The fourth-order valence-corrected chi connectivity index (χ4v) is 4.23. The molecule has 1 fully saturated rings. The molecule has 5 nitrogen and oxygen atoms in total. The maximum atomic E-state index is 14.6. The van der Waals surface area contributed by atoms with E-state index in [1.165, 1.54) is 6.07 Å². The average Bonchev–Trinajstić information content (AvgIpc) is 3.13. The quantitative estimate of drug-likeness (QED) is 0.549. The summed E-state index contributed by atoms with van der Waals surface area (Å²) >= 11 is 0. The van der Waals surface area contributed by atoms with Crippen LogP contribution in [0.1, 0.15) is 31.7 Å². The Morgan fingerprint density at radius 2 is 1.86 bits per heavy atom. The van der Waals surface area contributed by atoms with Crippen LogP contribution in [-0.2, 0) is 0 Å². The van der Waals surface area contributed by atoms with E-state index in [1.54, 1.807) is 24.5 Å². The van der Waals surface area contributed by atoms with Gasteiger partial charge in [-0.25, -0.2) is 9.37 Å². The van der Waals surface area contributed by atoms with E-state index in [-0.39, 0.29) is 18.0 Å². The molecular weight excluding hydrogens is 367 g/mol. The first kappa shape index (κ1) is 17.9. The van der Waals surface area contributed by atoms with Gasteiger partial charge in [0.05, 0.1) is 34.8 Å². The zero-order valence-electron chi connectivity index (χ0n) is 15.9. The Morgan fingerprint density at radius 3 is 2.66 bits per heavy atom. The molecule has 3 heterocycles. The van der Waals surface area contributed by atoms with Gasteiger partial charge in [-0.2, -0.15) is 0 Å². The molecule has 146 valence electrons. The van der Waals surface area contributed by atoms with Gasteiger partial charge in [0.15, 0.2) is 0 Å². The molecule has 1 unspecified atom stereocenters. The third-order valence-electron chi connectivity index (χ3n) is 5.60. The van der Waals surface area contributed by atoms with E-state index in [1.807, 2.05) is 30.3 Å². The molecule has 1 aromatic carbocycles. The van der Waals surface area contributed by atoms with Crippen molar-refractivity contribution < 1.29 is 9.50 Å². The number of pyridine rings is 2. The van der Waals surface area contributed by atoms with Gasteiger partial charge < -0.3 is 9.67 Å². The summed E-state index contributed by atoms with van der Waals surface area (Å²) in [5.74, 6) is 0.274. The molecule has 6 heteroatoms. The summed E-state index contributed by atoms with van der Waals surface area (Å²) in [7, 11) is 0. The number of aromatic nitrogens is 4. The smallest absolute Gasteiger partial charge is 0.144 e. The van der Waals surface area contributed by atoms with E-state index in [2.05, 4.69) is 14.5 Å². The number of benzene rings is 1. The first-order valence-electron chi connectivity index (χ1n) is 9.93. The highest BCUT2D eigenvalue weighted by Gasteiger charge is 2.27. The lowest BCUT2D eigenvalue weighted by atomic mass is 9.92. The molecule has 2 atom stereocenters. The van der Waals surface area contributed by atoms with Gasteiger partial charge in [0.2, 0.25) is 0 Å². The van der Waals surface area contributed by atoms with E-state index in [4.69, 9.17) is 4.98 Å². The van der Waals surface area contributed by atoms with Crippen LogP contribution in [0.2, 0.25) is 0 Å². The summed E-state index contributed by atoms with van der Waals surface area (Å²) < 4.78 is 16.7. The topological polar surface area (TPSA) is 63.8 Å². The highest BCUT2D eigenvalue weighted by molar-refractivity contribution is 5.83. The van der Waals surface area contributed by atoms with Crippen molar-refractivity contribution in [2.45, 2.75) is 37.8 Å². The fraction of sp³-hybridized carbons (Fsp3) is 0.261. The molecule has 1 N–H and O–H groups in total. The monoisotopic (exact) mass is 388 g/mol. The van der Waals surface area contributed by atoms with Gasteiger partial charge in [-0.15, -0.1) is 0 Å². The number of halogens is 1. The molecule has 1 saturated carbocycles. The van der Waals surface area contributed by atoms with Gasteiger partial charge in [-0.3, -0.25) is 9.97 Å². The van der Waals surface area contributed by atoms with Crippen molar-refractivity contribution in [2.24, 2.45) is 0 Å². The van der Waals surface area contributed by atoms with E-state index >= 15 is 0 Å². The van der Waals surface area contributed by atoms with Gasteiger partial charge in [-0.05, 0) is 56.0 Å². The summed E-state index contributed by atoms with van der Waals surface area (Å²) in [5, 5.41) is 10.3. The Labute approximate surface area is 167 Å². The second-order valence-electron chi connectivity index (χ2n) is 7.53. The van der Waals surface area contributed by atoms with Crippen molar-refractivity contribution >= 4 is 11.0 Å². The van der Waals surface area contributed by atoms with E-state index in [0.29, 0.717) is 23.3 Å². The molecule has 0 spiro atoms. The molecular formula is C23H21FN4O. The SMILES string of the molecule is O[C@@H]1CCCC(n2c(-c3ccccc3F)nc3cnc(-c4ccccn4)cc32)C1. The maximum absolute atomic E-state index is 14.6. The number of hydrogen-bond acceptors (Lipinski definition) is 4.